The summed E-state index contributed by atoms with van der Waals surface area (Å²) in [6, 6.07) is 4.86. The van der Waals surface area contributed by atoms with Crippen molar-refractivity contribution < 1.29 is 9.18 Å². The summed E-state index contributed by atoms with van der Waals surface area (Å²) in [6.45, 7) is 2.92. The Morgan fingerprint density at radius 2 is 2.29 bits per heavy atom. The highest BCUT2D eigenvalue weighted by atomic mass is 79.9. The van der Waals surface area contributed by atoms with E-state index in [-0.39, 0.29) is 23.6 Å². The Morgan fingerprint density at radius 1 is 1.53 bits per heavy atom. The van der Waals surface area contributed by atoms with Crippen LogP contribution in [-0.2, 0) is 11.2 Å². The van der Waals surface area contributed by atoms with Gasteiger partial charge in [0.1, 0.15) is 11.6 Å². The second-order valence-electron chi connectivity index (χ2n) is 4.56. The topological polar surface area (TPSA) is 29.1 Å². The maximum absolute atomic E-state index is 13.2. The number of hydrogen-bond donors (Lipinski definition) is 1. The van der Waals surface area contributed by atoms with Crippen molar-refractivity contribution in [2.45, 2.75) is 25.8 Å². The summed E-state index contributed by atoms with van der Waals surface area (Å²) in [5.74, 6) is -0.0446. The Morgan fingerprint density at radius 3 is 2.88 bits per heavy atom. The van der Waals surface area contributed by atoms with Crippen LogP contribution in [0.3, 0.4) is 0 Å². The van der Waals surface area contributed by atoms with Crippen LogP contribution in [0.4, 0.5) is 4.39 Å². The molecule has 1 saturated heterocycles. The van der Waals surface area contributed by atoms with Gasteiger partial charge in [-0.15, -0.1) is 0 Å². The van der Waals surface area contributed by atoms with E-state index in [0.717, 1.165) is 18.5 Å². The smallest absolute Gasteiger partial charge is 0.141 e. The quantitative estimate of drug-likeness (QED) is 0.930. The average Bonchev–Trinajstić information content (AvgIpc) is 2.62. The lowest BCUT2D eigenvalue weighted by molar-refractivity contribution is -0.122. The van der Waals surface area contributed by atoms with E-state index in [1.165, 1.54) is 12.1 Å². The van der Waals surface area contributed by atoms with E-state index >= 15 is 0 Å². The predicted octanol–water partition coefficient (Wildman–Crippen LogP) is 2.70. The first-order valence-corrected chi connectivity index (χ1v) is 6.56. The number of carbonyl (C=O) groups excluding carboxylic acids is 1. The molecule has 1 aliphatic rings. The van der Waals surface area contributed by atoms with Crippen molar-refractivity contribution in [2.75, 3.05) is 6.54 Å². The predicted molar refractivity (Wildman–Crippen MR) is 68.4 cm³/mol. The molecule has 0 aromatic heterocycles. The molecule has 1 aromatic carbocycles. The third-order valence-corrected chi connectivity index (χ3v) is 3.70. The summed E-state index contributed by atoms with van der Waals surface area (Å²) in [5.41, 5.74) is 0.737. The van der Waals surface area contributed by atoms with E-state index in [1.54, 1.807) is 6.07 Å². The second-order valence-corrected chi connectivity index (χ2v) is 5.47. The van der Waals surface area contributed by atoms with Crippen LogP contribution in [0.15, 0.2) is 22.7 Å². The fourth-order valence-electron chi connectivity index (χ4n) is 2.34. The molecular formula is C13H15BrFNO. The molecule has 0 spiro atoms. The lowest BCUT2D eigenvalue weighted by atomic mass is 9.92. The molecule has 92 valence electrons. The highest BCUT2D eigenvalue weighted by Gasteiger charge is 2.28. The van der Waals surface area contributed by atoms with Crippen LogP contribution >= 0.6 is 15.9 Å². The van der Waals surface area contributed by atoms with Gasteiger partial charge in [0.05, 0.1) is 0 Å². The van der Waals surface area contributed by atoms with Crippen molar-refractivity contribution >= 4 is 21.7 Å². The van der Waals surface area contributed by atoms with E-state index in [4.69, 9.17) is 0 Å². The normalized spacial score (nSPS) is 23.9. The Hall–Kier alpha value is -0.740. The van der Waals surface area contributed by atoms with Crippen LogP contribution in [0.2, 0.25) is 0 Å². The number of ketones is 1. The molecule has 0 bridgehead atoms. The summed E-state index contributed by atoms with van der Waals surface area (Å²) >= 11 is 3.23. The summed E-state index contributed by atoms with van der Waals surface area (Å²) in [7, 11) is 0. The highest BCUT2D eigenvalue weighted by Crippen LogP contribution is 2.20. The van der Waals surface area contributed by atoms with Crippen LogP contribution < -0.4 is 5.32 Å². The molecule has 17 heavy (non-hydrogen) atoms. The number of carbonyl (C=O) groups is 1. The van der Waals surface area contributed by atoms with Gasteiger partial charge >= 0.3 is 0 Å². The van der Waals surface area contributed by atoms with Crippen LogP contribution in [0.5, 0.6) is 0 Å². The van der Waals surface area contributed by atoms with E-state index < -0.39 is 0 Å². The zero-order valence-corrected chi connectivity index (χ0v) is 11.3. The molecule has 2 rings (SSSR count). The van der Waals surface area contributed by atoms with E-state index in [2.05, 4.69) is 21.2 Å². The lowest BCUT2D eigenvalue weighted by Gasteiger charge is -2.13. The van der Waals surface area contributed by atoms with Crippen molar-refractivity contribution in [1.82, 2.24) is 5.32 Å². The van der Waals surface area contributed by atoms with Crippen molar-refractivity contribution in [1.29, 1.82) is 0 Å². The third kappa shape index (κ3) is 3.13. The Labute approximate surface area is 109 Å². The van der Waals surface area contributed by atoms with Crippen molar-refractivity contribution in [3.63, 3.8) is 0 Å². The molecule has 4 heteroatoms. The van der Waals surface area contributed by atoms with Gasteiger partial charge in [0, 0.05) is 22.9 Å². The van der Waals surface area contributed by atoms with Gasteiger partial charge in [0.25, 0.3) is 0 Å². The molecule has 0 radical (unpaired) electrons. The fraction of sp³-hybridized carbons (Fsp3) is 0.462. The van der Waals surface area contributed by atoms with Crippen LogP contribution in [0, 0.1) is 11.7 Å². The Bertz CT molecular complexity index is 415. The molecule has 1 N–H and O–H groups in total. The van der Waals surface area contributed by atoms with Gasteiger partial charge in [-0.3, -0.25) is 4.79 Å². The van der Waals surface area contributed by atoms with Crippen LogP contribution in [0.25, 0.3) is 0 Å². The lowest BCUT2D eigenvalue weighted by Crippen LogP contribution is -2.29. The SMILES string of the molecule is CC1NCCC1C(=O)Cc1cc(F)cc(Br)c1. The Balaban J connectivity index is 2.07. The molecule has 1 fully saturated rings. The fourth-order valence-corrected chi connectivity index (χ4v) is 2.86. The highest BCUT2D eigenvalue weighted by molar-refractivity contribution is 9.10. The zero-order valence-electron chi connectivity index (χ0n) is 9.67. The zero-order chi connectivity index (χ0) is 12.4. The number of rotatable bonds is 3. The van der Waals surface area contributed by atoms with Crippen molar-refractivity contribution in [3.05, 3.63) is 34.1 Å². The minimum Gasteiger partial charge on any atom is -0.314 e. The molecule has 1 heterocycles. The molecule has 0 saturated carbocycles. The van der Waals surface area contributed by atoms with Gasteiger partial charge in [0.15, 0.2) is 0 Å². The summed E-state index contributed by atoms with van der Waals surface area (Å²) < 4.78 is 13.9. The Kier molecular flexibility index (Phi) is 3.94. The molecule has 1 aromatic rings. The maximum atomic E-state index is 13.2. The van der Waals surface area contributed by atoms with Gasteiger partial charge in [-0.05, 0) is 43.7 Å². The van der Waals surface area contributed by atoms with Gasteiger partial charge < -0.3 is 5.32 Å². The van der Waals surface area contributed by atoms with Gasteiger partial charge in [0.2, 0.25) is 0 Å². The minimum atomic E-state index is -0.306. The standard InChI is InChI=1S/C13H15BrFNO/c1-8-12(2-3-16-8)13(17)6-9-4-10(14)7-11(15)5-9/h4-5,7-8,12,16H,2-3,6H2,1H3. The molecule has 1 aliphatic heterocycles. The number of Topliss-reactive ketones (excluding diaryl/α,β-unsaturated/α-hetero) is 1. The molecule has 2 nitrogen and oxygen atoms in total. The summed E-state index contributed by atoms with van der Waals surface area (Å²) in [4.78, 5) is 12.1. The number of benzene rings is 1. The molecular weight excluding hydrogens is 285 g/mol. The van der Waals surface area contributed by atoms with Crippen molar-refractivity contribution in [3.8, 4) is 0 Å². The second kappa shape index (κ2) is 5.27. The van der Waals surface area contributed by atoms with Gasteiger partial charge in [-0.2, -0.15) is 0 Å². The van der Waals surface area contributed by atoms with Crippen LogP contribution in [-0.4, -0.2) is 18.4 Å². The largest absolute Gasteiger partial charge is 0.314 e. The summed E-state index contributed by atoms with van der Waals surface area (Å²) in [5, 5.41) is 3.25. The van der Waals surface area contributed by atoms with Crippen molar-refractivity contribution in [2.24, 2.45) is 5.92 Å². The van der Waals surface area contributed by atoms with Crippen LogP contribution in [0.1, 0.15) is 18.9 Å². The molecule has 2 atom stereocenters. The number of halogens is 2. The summed E-state index contributed by atoms with van der Waals surface area (Å²) in [6.07, 6.45) is 1.20. The molecule has 0 amide bonds. The first-order chi connectivity index (χ1) is 8.06. The number of nitrogens with one attached hydrogen (secondary N) is 1. The first-order valence-electron chi connectivity index (χ1n) is 5.77. The number of hydrogen-bond acceptors (Lipinski definition) is 2. The van der Waals surface area contributed by atoms with E-state index in [9.17, 15) is 9.18 Å². The van der Waals surface area contributed by atoms with E-state index in [1.807, 2.05) is 6.92 Å². The third-order valence-electron chi connectivity index (χ3n) is 3.24. The average molecular weight is 300 g/mol. The molecule has 0 aliphatic carbocycles. The first kappa shape index (κ1) is 12.7. The van der Waals surface area contributed by atoms with E-state index in [0.29, 0.717) is 10.9 Å². The monoisotopic (exact) mass is 299 g/mol. The van der Waals surface area contributed by atoms with Gasteiger partial charge in [-0.25, -0.2) is 4.39 Å². The van der Waals surface area contributed by atoms with Gasteiger partial charge in [-0.1, -0.05) is 15.9 Å². The minimum absolute atomic E-state index is 0.0667. The molecule has 2 unspecified atom stereocenters. The maximum Gasteiger partial charge on any atom is 0.141 e.